The summed E-state index contributed by atoms with van der Waals surface area (Å²) in [4.78, 5) is 33.0. The quantitative estimate of drug-likeness (QED) is 0.530. The van der Waals surface area contributed by atoms with Crippen LogP contribution in [-0.2, 0) is 26.3 Å². The summed E-state index contributed by atoms with van der Waals surface area (Å²) in [6, 6.07) is 17.2. The highest BCUT2D eigenvalue weighted by atomic mass is 32.2. The molecule has 4 rings (SSSR count). The molecule has 0 unspecified atom stereocenters. The molecule has 5 nitrogen and oxygen atoms in total. The van der Waals surface area contributed by atoms with Crippen molar-refractivity contribution in [2.75, 3.05) is 0 Å². The number of hydrogen-bond donors (Lipinski definition) is 0. The maximum atomic E-state index is 13.3. The maximum Gasteiger partial charge on any atom is 0.338 e. The average Bonchev–Trinajstić information content (AvgIpc) is 3.11. The van der Waals surface area contributed by atoms with Crippen LogP contribution in [0.15, 0.2) is 70.9 Å². The molecule has 0 spiro atoms. The van der Waals surface area contributed by atoms with Crippen molar-refractivity contribution in [1.82, 2.24) is 4.90 Å². The van der Waals surface area contributed by atoms with Crippen molar-refractivity contribution in [3.05, 3.63) is 82.6 Å². The topological polar surface area (TPSA) is 59.0 Å². The number of benzene rings is 2. The van der Waals surface area contributed by atoms with E-state index in [0.29, 0.717) is 22.9 Å². The van der Waals surface area contributed by atoms with Gasteiger partial charge in [0.25, 0.3) is 0 Å². The maximum absolute atomic E-state index is 13.3. The molecule has 0 bridgehead atoms. The van der Waals surface area contributed by atoms with Gasteiger partial charge in [0.05, 0.1) is 22.6 Å². The molecule has 33 heavy (non-hydrogen) atoms. The van der Waals surface area contributed by atoms with Crippen LogP contribution in [0.1, 0.15) is 63.8 Å². The lowest BCUT2D eigenvalue weighted by Crippen LogP contribution is -2.40. The van der Waals surface area contributed by atoms with Gasteiger partial charge in [0, 0.05) is 0 Å². The van der Waals surface area contributed by atoms with Crippen molar-refractivity contribution < 1.29 is 14.3 Å². The van der Waals surface area contributed by atoms with E-state index >= 15 is 0 Å². The Morgan fingerprint density at radius 1 is 1.09 bits per heavy atom. The molecule has 2 aromatic rings. The molecule has 0 N–H and O–H groups in total. The average molecular weight is 463 g/mol. The SMILES string of the molecule is CC[C@@H]1SC2=NC(C)=C(C(=O)OCc3ccccc3)[C@H](c3ccc(C(C)(C)C)cc3)N2C1=O. The Balaban J connectivity index is 1.72. The molecule has 2 heterocycles. The summed E-state index contributed by atoms with van der Waals surface area (Å²) in [5.74, 6) is -0.450. The van der Waals surface area contributed by atoms with E-state index < -0.39 is 12.0 Å². The third kappa shape index (κ3) is 4.62. The van der Waals surface area contributed by atoms with E-state index in [9.17, 15) is 9.59 Å². The minimum atomic E-state index is -0.550. The Hall–Kier alpha value is -2.86. The highest BCUT2D eigenvalue weighted by Crippen LogP contribution is 2.44. The van der Waals surface area contributed by atoms with Crippen molar-refractivity contribution in [1.29, 1.82) is 0 Å². The zero-order chi connectivity index (χ0) is 23.8. The summed E-state index contributed by atoms with van der Waals surface area (Å²) in [5, 5.41) is 0.474. The van der Waals surface area contributed by atoms with E-state index in [0.717, 1.165) is 11.1 Å². The lowest BCUT2D eigenvalue weighted by Gasteiger charge is -2.33. The Bertz CT molecular complexity index is 1110. The van der Waals surface area contributed by atoms with Crippen molar-refractivity contribution in [2.45, 2.75) is 64.4 Å². The summed E-state index contributed by atoms with van der Waals surface area (Å²) in [5.41, 5.74) is 4.01. The van der Waals surface area contributed by atoms with Crippen LogP contribution in [0.2, 0.25) is 0 Å². The second kappa shape index (κ2) is 9.18. The van der Waals surface area contributed by atoms with Crippen molar-refractivity contribution in [3.63, 3.8) is 0 Å². The molecule has 172 valence electrons. The molecule has 0 aromatic heterocycles. The molecule has 1 fully saturated rings. The van der Waals surface area contributed by atoms with Crippen molar-refractivity contribution in [2.24, 2.45) is 4.99 Å². The number of rotatable bonds is 5. The lowest BCUT2D eigenvalue weighted by molar-refractivity contribution is -0.141. The van der Waals surface area contributed by atoms with Crippen LogP contribution in [0.4, 0.5) is 0 Å². The van der Waals surface area contributed by atoms with Crippen LogP contribution in [-0.4, -0.2) is 27.2 Å². The van der Waals surface area contributed by atoms with E-state index in [4.69, 9.17) is 4.74 Å². The van der Waals surface area contributed by atoms with E-state index in [1.165, 1.54) is 17.3 Å². The summed E-state index contributed by atoms with van der Waals surface area (Å²) in [7, 11) is 0. The molecule has 2 aliphatic heterocycles. The molecule has 0 saturated carbocycles. The summed E-state index contributed by atoms with van der Waals surface area (Å²) >= 11 is 1.48. The first-order valence-electron chi connectivity index (χ1n) is 11.3. The van der Waals surface area contributed by atoms with Crippen LogP contribution in [0, 0.1) is 0 Å². The number of esters is 1. The standard InChI is InChI=1S/C27H30N2O3S/c1-6-21-24(30)29-23(19-12-14-20(15-13-19)27(3,4)5)22(17(2)28-26(29)33-21)25(31)32-16-18-10-8-7-9-11-18/h7-15,21,23H,6,16H2,1-5H3/t21-,23-/m0/s1. The van der Waals surface area contributed by atoms with Gasteiger partial charge in [-0.3, -0.25) is 9.69 Å². The van der Waals surface area contributed by atoms with Crippen LogP contribution in [0.3, 0.4) is 0 Å². The van der Waals surface area contributed by atoms with Gasteiger partial charge in [-0.2, -0.15) is 0 Å². The predicted molar refractivity (Wildman–Crippen MR) is 133 cm³/mol. The zero-order valence-corrected chi connectivity index (χ0v) is 20.6. The Morgan fingerprint density at radius 3 is 2.36 bits per heavy atom. The Morgan fingerprint density at radius 2 is 1.76 bits per heavy atom. The lowest BCUT2D eigenvalue weighted by atomic mass is 9.85. The molecule has 0 aliphatic carbocycles. The second-order valence-electron chi connectivity index (χ2n) is 9.45. The summed E-state index contributed by atoms with van der Waals surface area (Å²) in [6.07, 6.45) is 0.710. The van der Waals surface area contributed by atoms with Crippen molar-refractivity contribution in [3.8, 4) is 0 Å². The van der Waals surface area contributed by atoms with Crippen molar-refractivity contribution >= 4 is 28.8 Å². The molecule has 1 saturated heterocycles. The normalized spacial score (nSPS) is 20.6. The number of fused-ring (bicyclic) bond motifs is 1. The van der Waals surface area contributed by atoms with Crippen LogP contribution in [0.25, 0.3) is 0 Å². The highest BCUT2D eigenvalue weighted by molar-refractivity contribution is 8.15. The van der Waals surface area contributed by atoms with Gasteiger partial charge < -0.3 is 4.74 Å². The molecule has 2 aliphatic rings. The number of aliphatic imine (C=N–C) groups is 1. The first kappa shape index (κ1) is 23.3. The molecular weight excluding hydrogens is 432 g/mol. The number of carbonyl (C=O) groups excluding carboxylic acids is 2. The number of nitrogens with zero attached hydrogens (tertiary/aromatic N) is 2. The zero-order valence-electron chi connectivity index (χ0n) is 19.8. The van der Waals surface area contributed by atoms with E-state index in [1.54, 1.807) is 4.90 Å². The first-order valence-corrected chi connectivity index (χ1v) is 12.2. The summed E-state index contributed by atoms with van der Waals surface area (Å²) < 4.78 is 5.69. The molecule has 2 atom stereocenters. The van der Waals surface area contributed by atoms with Crippen LogP contribution in [0.5, 0.6) is 0 Å². The molecular formula is C27H30N2O3S. The number of hydrogen-bond acceptors (Lipinski definition) is 5. The van der Waals surface area contributed by atoms with Crippen LogP contribution < -0.4 is 0 Å². The molecule has 6 heteroatoms. The fraction of sp³-hybridized carbons (Fsp3) is 0.370. The fourth-order valence-corrected chi connectivity index (χ4v) is 5.27. The van der Waals surface area contributed by atoms with E-state index in [-0.39, 0.29) is 23.2 Å². The predicted octanol–water partition coefficient (Wildman–Crippen LogP) is 5.77. The van der Waals surface area contributed by atoms with E-state index in [1.807, 2.05) is 56.3 Å². The van der Waals surface area contributed by atoms with E-state index in [2.05, 4.69) is 37.9 Å². The molecule has 0 radical (unpaired) electrons. The first-order chi connectivity index (χ1) is 15.7. The highest BCUT2D eigenvalue weighted by Gasteiger charge is 2.47. The Kier molecular flexibility index (Phi) is 6.48. The number of ether oxygens (including phenoxy) is 1. The molecule has 2 aromatic carbocycles. The molecule has 1 amide bonds. The third-order valence-corrected chi connectivity index (χ3v) is 7.37. The largest absolute Gasteiger partial charge is 0.457 e. The summed E-state index contributed by atoms with van der Waals surface area (Å²) in [6.45, 7) is 10.5. The number of amidine groups is 1. The second-order valence-corrected chi connectivity index (χ2v) is 10.6. The van der Waals surface area contributed by atoms with Gasteiger partial charge >= 0.3 is 5.97 Å². The van der Waals surface area contributed by atoms with Gasteiger partial charge in [0.1, 0.15) is 6.61 Å². The van der Waals surface area contributed by atoms with Gasteiger partial charge in [0.15, 0.2) is 5.17 Å². The van der Waals surface area contributed by atoms with Gasteiger partial charge in [-0.1, -0.05) is 94.1 Å². The number of carbonyl (C=O) groups is 2. The van der Waals surface area contributed by atoms with Gasteiger partial charge in [-0.25, -0.2) is 9.79 Å². The van der Waals surface area contributed by atoms with Gasteiger partial charge in [-0.05, 0) is 35.4 Å². The monoisotopic (exact) mass is 462 g/mol. The van der Waals surface area contributed by atoms with Gasteiger partial charge in [-0.15, -0.1) is 0 Å². The van der Waals surface area contributed by atoms with Crippen LogP contribution >= 0.6 is 11.8 Å². The minimum Gasteiger partial charge on any atom is -0.457 e. The third-order valence-electron chi connectivity index (χ3n) is 6.05. The minimum absolute atomic E-state index is 0.00740. The number of allylic oxidation sites excluding steroid dienone is 1. The number of amides is 1. The smallest absolute Gasteiger partial charge is 0.338 e. The van der Waals surface area contributed by atoms with Gasteiger partial charge in [0.2, 0.25) is 5.91 Å². The number of thioether (sulfide) groups is 1. The Labute approximate surface area is 199 Å². The fourth-order valence-electron chi connectivity index (χ4n) is 4.13.